The molecule has 0 amide bonds. The van der Waals surface area contributed by atoms with Crippen LogP contribution in [-0.4, -0.2) is 51.8 Å². The Labute approximate surface area is 121 Å². The number of aryl methyl sites for hydroxylation is 2. The van der Waals surface area contributed by atoms with Gasteiger partial charge in [0.05, 0.1) is 0 Å². The van der Waals surface area contributed by atoms with Crippen LogP contribution in [0.2, 0.25) is 0 Å². The van der Waals surface area contributed by atoms with Crippen molar-refractivity contribution in [2.24, 2.45) is 5.92 Å². The number of hydrogen-bond acceptors (Lipinski definition) is 4. The largest absolute Gasteiger partial charge is 0.306 e. The van der Waals surface area contributed by atoms with Crippen LogP contribution in [0, 0.1) is 5.92 Å². The van der Waals surface area contributed by atoms with Gasteiger partial charge in [0, 0.05) is 25.1 Å². The van der Waals surface area contributed by atoms with E-state index < -0.39 is 0 Å². The number of piperidine rings is 1. The van der Waals surface area contributed by atoms with Crippen molar-refractivity contribution in [3.05, 3.63) is 11.6 Å². The van der Waals surface area contributed by atoms with Gasteiger partial charge in [0.1, 0.15) is 5.82 Å². The second-order valence-electron chi connectivity index (χ2n) is 5.45. The van der Waals surface area contributed by atoms with Crippen LogP contribution in [0.15, 0.2) is 0 Å². The van der Waals surface area contributed by atoms with Crippen LogP contribution in [0.1, 0.15) is 31.4 Å². The molecule has 2 rings (SSSR count). The van der Waals surface area contributed by atoms with Gasteiger partial charge in [-0.1, -0.05) is 0 Å². The maximum atomic E-state index is 4.76. The van der Waals surface area contributed by atoms with Crippen LogP contribution in [0.4, 0.5) is 0 Å². The van der Waals surface area contributed by atoms with E-state index in [1.54, 1.807) is 0 Å². The van der Waals surface area contributed by atoms with E-state index in [1.807, 2.05) is 11.8 Å². The quantitative estimate of drug-likeness (QED) is 0.800. The third-order valence-electron chi connectivity index (χ3n) is 3.93. The van der Waals surface area contributed by atoms with E-state index in [-0.39, 0.29) is 0 Å². The molecule has 0 radical (unpaired) electrons. The van der Waals surface area contributed by atoms with Crippen molar-refractivity contribution < 1.29 is 0 Å². The van der Waals surface area contributed by atoms with Crippen LogP contribution < -0.4 is 0 Å². The molecule has 5 heteroatoms. The predicted octanol–water partition coefficient (Wildman–Crippen LogP) is 2.09. The molecule has 0 bridgehead atoms. The third-order valence-corrected chi connectivity index (χ3v) is 4.54. The molecule has 0 saturated carbocycles. The summed E-state index contributed by atoms with van der Waals surface area (Å²) in [6, 6.07) is 0. The number of likely N-dealkylation sites (tertiary alicyclic amines) is 1. The molecule has 1 fully saturated rings. The highest BCUT2D eigenvalue weighted by Crippen LogP contribution is 2.19. The SMILES string of the molecule is CCn1nc(CC2CCN(C)CC2)nc1CCSC. The van der Waals surface area contributed by atoms with E-state index in [0.717, 1.165) is 36.9 Å². The molecule has 0 atom stereocenters. The summed E-state index contributed by atoms with van der Waals surface area (Å²) in [5, 5.41) is 4.68. The highest BCUT2D eigenvalue weighted by Gasteiger charge is 2.19. The minimum Gasteiger partial charge on any atom is -0.306 e. The van der Waals surface area contributed by atoms with Crippen molar-refractivity contribution in [3.8, 4) is 0 Å². The molecule has 0 spiro atoms. The first kappa shape index (κ1) is 14.9. The van der Waals surface area contributed by atoms with E-state index in [0.29, 0.717) is 0 Å². The fraction of sp³-hybridized carbons (Fsp3) is 0.857. The summed E-state index contributed by atoms with van der Waals surface area (Å²) in [5.41, 5.74) is 0. The number of nitrogens with zero attached hydrogens (tertiary/aromatic N) is 4. The van der Waals surface area contributed by atoms with Gasteiger partial charge in [-0.25, -0.2) is 4.98 Å². The number of rotatable bonds is 6. The topological polar surface area (TPSA) is 34.0 Å². The minimum atomic E-state index is 0.775. The van der Waals surface area contributed by atoms with Gasteiger partial charge < -0.3 is 4.90 Å². The molecule has 0 N–H and O–H groups in total. The van der Waals surface area contributed by atoms with Crippen LogP contribution in [0.5, 0.6) is 0 Å². The van der Waals surface area contributed by atoms with Crippen LogP contribution in [0.3, 0.4) is 0 Å². The van der Waals surface area contributed by atoms with E-state index in [1.165, 1.54) is 31.8 Å². The van der Waals surface area contributed by atoms with Gasteiger partial charge >= 0.3 is 0 Å². The van der Waals surface area contributed by atoms with E-state index in [9.17, 15) is 0 Å². The normalized spacial score (nSPS) is 18.1. The Bertz CT molecular complexity index is 383. The first-order valence-corrected chi connectivity index (χ1v) is 8.72. The van der Waals surface area contributed by atoms with Crippen LogP contribution in [0.25, 0.3) is 0 Å². The lowest BCUT2D eigenvalue weighted by Crippen LogP contribution is -2.31. The summed E-state index contributed by atoms with van der Waals surface area (Å²) in [5.74, 6) is 4.14. The van der Waals surface area contributed by atoms with Crippen molar-refractivity contribution in [2.75, 3.05) is 32.1 Å². The summed E-state index contributed by atoms with van der Waals surface area (Å²) < 4.78 is 2.08. The Balaban J connectivity index is 1.94. The van der Waals surface area contributed by atoms with E-state index in [4.69, 9.17) is 4.98 Å². The molecule has 2 heterocycles. The molecule has 1 aliphatic rings. The Hall–Kier alpha value is -0.550. The van der Waals surface area contributed by atoms with Crippen LogP contribution >= 0.6 is 11.8 Å². The summed E-state index contributed by atoms with van der Waals surface area (Å²) in [6.07, 6.45) is 6.82. The molecule has 19 heavy (non-hydrogen) atoms. The molecular weight excluding hydrogens is 256 g/mol. The zero-order valence-corrected chi connectivity index (χ0v) is 13.2. The average molecular weight is 282 g/mol. The fourth-order valence-corrected chi connectivity index (χ4v) is 3.06. The summed E-state index contributed by atoms with van der Waals surface area (Å²) >= 11 is 1.87. The van der Waals surface area contributed by atoms with Crippen molar-refractivity contribution in [2.45, 2.75) is 39.2 Å². The summed E-state index contributed by atoms with van der Waals surface area (Å²) in [4.78, 5) is 7.17. The minimum absolute atomic E-state index is 0.775. The van der Waals surface area contributed by atoms with Crippen molar-refractivity contribution in [1.29, 1.82) is 0 Å². The Morgan fingerprint density at radius 1 is 1.32 bits per heavy atom. The molecule has 0 aromatic carbocycles. The lowest BCUT2D eigenvalue weighted by Gasteiger charge is -2.28. The van der Waals surface area contributed by atoms with Crippen molar-refractivity contribution >= 4 is 11.8 Å². The standard InChI is InChI=1S/C14H26N4S/c1-4-18-14(7-10-19-3)15-13(16-18)11-12-5-8-17(2)9-6-12/h12H,4-11H2,1-3H3. The molecule has 1 saturated heterocycles. The smallest absolute Gasteiger partial charge is 0.151 e. The molecule has 108 valence electrons. The first-order chi connectivity index (χ1) is 9.22. The Morgan fingerprint density at radius 3 is 2.68 bits per heavy atom. The summed E-state index contributed by atoms with van der Waals surface area (Å²) in [6.45, 7) is 5.53. The number of thioether (sulfide) groups is 1. The maximum absolute atomic E-state index is 4.76. The van der Waals surface area contributed by atoms with Gasteiger partial charge in [0.25, 0.3) is 0 Å². The van der Waals surface area contributed by atoms with Crippen molar-refractivity contribution in [1.82, 2.24) is 19.7 Å². The molecule has 1 aliphatic heterocycles. The highest BCUT2D eigenvalue weighted by molar-refractivity contribution is 7.98. The average Bonchev–Trinajstić information content (AvgIpc) is 2.81. The summed E-state index contributed by atoms with van der Waals surface area (Å²) in [7, 11) is 2.21. The Kier molecular flexibility index (Phi) is 5.70. The molecular formula is C14H26N4S. The Morgan fingerprint density at radius 2 is 2.05 bits per heavy atom. The molecule has 0 unspecified atom stereocenters. The fourth-order valence-electron chi connectivity index (χ4n) is 2.67. The van der Waals surface area contributed by atoms with Gasteiger partial charge in [-0.2, -0.15) is 16.9 Å². The monoisotopic (exact) mass is 282 g/mol. The van der Waals surface area contributed by atoms with Gasteiger partial charge in [-0.15, -0.1) is 0 Å². The first-order valence-electron chi connectivity index (χ1n) is 7.33. The molecule has 1 aromatic heterocycles. The van der Waals surface area contributed by atoms with E-state index >= 15 is 0 Å². The molecule has 0 aliphatic carbocycles. The number of aromatic nitrogens is 3. The second kappa shape index (κ2) is 7.29. The zero-order chi connectivity index (χ0) is 13.7. The zero-order valence-electron chi connectivity index (χ0n) is 12.4. The van der Waals surface area contributed by atoms with Gasteiger partial charge in [0.15, 0.2) is 5.82 Å². The van der Waals surface area contributed by atoms with Gasteiger partial charge in [0.2, 0.25) is 0 Å². The van der Waals surface area contributed by atoms with Gasteiger partial charge in [-0.3, -0.25) is 4.68 Å². The predicted molar refractivity (Wildman–Crippen MR) is 81.7 cm³/mol. The lowest BCUT2D eigenvalue weighted by atomic mass is 9.94. The maximum Gasteiger partial charge on any atom is 0.151 e. The van der Waals surface area contributed by atoms with Crippen LogP contribution in [-0.2, 0) is 19.4 Å². The van der Waals surface area contributed by atoms with Crippen molar-refractivity contribution in [3.63, 3.8) is 0 Å². The molecule has 1 aromatic rings. The number of hydrogen-bond donors (Lipinski definition) is 0. The van der Waals surface area contributed by atoms with E-state index in [2.05, 4.69) is 34.9 Å². The third kappa shape index (κ3) is 4.21. The second-order valence-corrected chi connectivity index (χ2v) is 6.44. The van der Waals surface area contributed by atoms with Gasteiger partial charge in [-0.05, 0) is 52.1 Å². The molecule has 4 nitrogen and oxygen atoms in total. The highest BCUT2D eigenvalue weighted by atomic mass is 32.2. The lowest BCUT2D eigenvalue weighted by molar-refractivity contribution is 0.217.